The predicted molar refractivity (Wildman–Crippen MR) is 69.4 cm³/mol. The smallest absolute Gasteiger partial charge is 0.0708 e. The van der Waals surface area contributed by atoms with Crippen molar-refractivity contribution in [2.75, 3.05) is 26.4 Å². The fraction of sp³-hybridized carbons (Fsp3) is 1.00. The van der Waals surface area contributed by atoms with Crippen LogP contribution in [0.1, 0.15) is 45.4 Å². The summed E-state index contributed by atoms with van der Waals surface area (Å²) in [5.74, 6) is 1.82. The molecule has 4 rings (SSSR count). The van der Waals surface area contributed by atoms with Crippen LogP contribution in [-0.2, 0) is 9.47 Å². The van der Waals surface area contributed by atoms with E-state index in [9.17, 15) is 0 Å². The lowest BCUT2D eigenvalue weighted by molar-refractivity contribution is -0.193. The number of rotatable bonds is 6. The van der Waals surface area contributed by atoms with Gasteiger partial charge >= 0.3 is 0 Å². The van der Waals surface area contributed by atoms with Gasteiger partial charge < -0.3 is 14.6 Å². The zero-order chi connectivity index (χ0) is 12.6. The highest BCUT2D eigenvalue weighted by molar-refractivity contribution is 5.07. The van der Waals surface area contributed by atoms with Crippen molar-refractivity contribution in [1.82, 2.24) is 0 Å². The van der Waals surface area contributed by atoms with Gasteiger partial charge in [0.1, 0.15) is 0 Å². The molecule has 0 saturated heterocycles. The van der Waals surface area contributed by atoms with Crippen molar-refractivity contribution in [3.8, 4) is 0 Å². The van der Waals surface area contributed by atoms with Gasteiger partial charge in [0.25, 0.3) is 0 Å². The minimum absolute atomic E-state index is 0.105. The molecule has 0 radical (unpaired) electrons. The van der Waals surface area contributed by atoms with Gasteiger partial charge in [-0.15, -0.1) is 0 Å². The van der Waals surface area contributed by atoms with Gasteiger partial charge in [-0.2, -0.15) is 0 Å². The Bertz CT molecular complexity index is 288. The monoisotopic (exact) mass is 254 g/mol. The van der Waals surface area contributed by atoms with E-state index in [1.807, 2.05) is 0 Å². The van der Waals surface area contributed by atoms with E-state index in [2.05, 4.69) is 6.92 Å². The van der Waals surface area contributed by atoms with Crippen LogP contribution in [0.2, 0.25) is 0 Å². The Morgan fingerprint density at radius 3 is 2.39 bits per heavy atom. The minimum Gasteiger partial charge on any atom is -0.394 e. The predicted octanol–water partition coefficient (Wildman–Crippen LogP) is 2.37. The second kappa shape index (κ2) is 4.77. The van der Waals surface area contributed by atoms with Gasteiger partial charge in [0.15, 0.2) is 0 Å². The van der Waals surface area contributed by atoms with E-state index in [0.29, 0.717) is 25.2 Å². The van der Waals surface area contributed by atoms with Crippen LogP contribution in [0.25, 0.3) is 0 Å². The standard InChI is InChI=1S/C15H26O3/c1-14-7-12-6-13(8-14)10-15(9-12,11-14)18-5-4-17-3-2-16/h12-13,16H,2-11H2,1H3. The normalized spacial score (nSPS) is 45.7. The molecule has 3 nitrogen and oxygen atoms in total. The van der Waals surface area contributed by atoms with E-state index in [1.165, 1.54) is 38.5 Å². The molecule has 4 aliphatic carbocycles. The molecule has 0 heterocycles. The molecular weight excluding hydrogens is 228 g/mol. The number of ether oxygens (including phenoxy) is 2. The number of hydrogen-bond acceptors (Lipinski definition) is 3. The highest BCUT2D eigenvalue weighted by Gasteiger charge is 2.56. The fourth-order valence-corrected chi connectivity index (χ4v) is 5.28. The molecule has 0 spiro atoms. The summed E-state index contributed by atoms with van der Waals surface area (Å²) in [5.41, 5.74) is 0.720. The lowest BCUT2D eigenvalue weighted by atomic mass is 9.48. The Labute approximate surface area is 110 Å². The minimum atomic E-state index is 0.105. The van der Waals surface area contributed by atoms with E-state index in [1.54, 1.807) is 0 Å². The Morgan fingerprint density at radius 1 is 1.06 bits per heavy atom. The fourth-order valence-electron chi connectivity index (χ4n) is 5.28. The third-order valence-corrected chi connectivity index (χ3v) is 5.17. The van der Waals surface area contributed by atoms with Crippen molar-refractivity contribution in [2.24, 2.45) is 17.3 Å². The van der Waals surface area contributed by atoms with E-state index in [0.717, 1.165) is 11.8 Å². The first-order valence-electron chi connectivity index (χ1n) is 7.46. The summed E-state index contributed by atoms with van der Waals surface area (Å²) >= 11 is 0. The molecule has 0 aromatic rings. The van der Waals surface area contributed by atoms with Crippen LogP contribution in [-0.4, -0.2) is 37.1 Å². The molecule has 0 aromatic carbocycles. The molecule has 2 unspecified atom stereocenters. The zero-order valence-electron chi connectivity index (χ0n) is 11.5. The summed E-state index contributed by atoms with van der Waals surface area (Å²) in [6.07, 6.45) is 8.11. The Balaban J connectivity index is 1.55. The van der Waals surface area contributed by atoms with Crippen molar-refractivity contribution in [1.29, 1.82) is 0 Å². The SMILES string of the molecule is CC12CC3CC(C1)CC(OCCOCCO)(C3)C2. The third kappa shape index (κ3) is 2.45. The summed E-state index contributed by atoms with van der Waals surface area (Å²) in [5, 5.41) is 8.66. The van der Waals surface area contributed by atoms with Crippen molar-refractivity contribution in [3.05, 3.63) is 0 Å². The van der Waals surface area contributed by atoms with Crippen LogP contribution in [0, 0.1) is 17.3 Å². The summed E-state index contributed by atoms with van der Waals surface area (Å²) < 4.78 is 11.5. The molecule has 4 aliphatic rings. The van der Waals surface area contributed by atoms with Crippen molar-refractivity contribution >= 4 is 0 Å². The number of hydrogen-bond donors (Lipinski definition) is 1. The molecule has 0 amide bonds. The second-order valence-electron chi connectivity index (χ2n) is 7.14. The first-order chi connectivity index (χ1) is 8.63. The second-order valence-corrected chi connectivity index (χ2v) is 7.14. The van der Waals surface area contributed by atoms with E-state index in [-0.39, 0.29) is 12.2 Å². The highest BCUT2D eigenvalue weighted by atomic mass is 16.5. The van der Waals surface area contributed by atoms with E-state index < -0.39 is 0 Å². The van der Waals surface area contributed by atoms with Gasteiger partial charge in [0.2, 0.25) is 0 Å². The molecule has 0 aliphatic heterocycles. The maximum absolute atomic E-state index is 8.66. The van der Waals surface area contributed by atoms with Gasteiger partial charge in [-0.25, -0.2) is 0 Å². The van der Waals surface area contributed by atoms with Gasteiger partial charge in [0, 0.05) is 0 Å². The Kier molecular flexibility index (Phi) is 3.41. The van der Waals surface area contributed by atoms with Crippen LogP contribution in [0.15, 0.2) is 0 Å². The maximum Gasteiger partial charge on any atom is 0.0708 e. The van der Waals surface area contributed by atoms with E-state index in [4.69, 9.17) is 14.6 Å². The zero-order valence-corrected chi connectivity index (χ0v) is 11.5. The summed E-state index contributed by atoms with van der Waals surface area (Å²) in [6, 6.07) is 0. The molecule has 2 atom stereocenters. The average molecular weight is 254 g/mol. The van der Waals surface area contributed by atoms with Gasteiger partial charge in [-0.3, -0.25) is 0 Å². The van der Waals surface area contributed by atoms with Gasteiger partial charge in [-0.1, -0.05) is 6.92 Å². The van der Waals surface area contributed by atoms with Gasteiger partial charge in [0.05, 0.1) is 32.0 Å². The number of aliphatic hydroxyl groups is 1. The molecule has 18 heavy (non-hydrogen) atoms. The van der Waals surface area contributed by atoms with Crippen LogP contribution < -0.4 is 0 Å². The highest BCUT2D eigenvalue weighted by Crippen LogP contribution is 2.62. The summed E-state index contributed by atoms with van der Waals surface area (Å²) in [4.78, 5) is 0. The lowest BCUT2D eigenvalue weighted by Gasteiger charge is -2.60. The number of aliphatic hydroxyl groups excluding tert-OH is 1. The third-order valence-electron chi connectivity index (χ3n) is 5.17. The van der Waals surface area contributed by atoms with Crippen molar-refractivity contribution in [3.63, 3.8) is 0 Å². The van der Waals surface area contributed by atoms with Crippen LogP contribution in [0.4, 0.5) is 0 Å². The van der Waals surface area contributed by atoms with Crippen LogP contribution in [0.3, 0.4) is 0 Å². The molecule has 4 saturated carbocycles. The van der Waals surface area contributed by atoms with E-state index >= 15 is 0 Å². The molecule has 3 heteroatoms. The summed E-state index contributed by atoms with van der Waals surface area (Å²) in [7, 11) is 0. The molecule has 1 N–H and O–H groups in total. The largest absolute Gasteiger partial charge is 0.394 e. The maximum atomic E-state index is 8.66. The molecule has 4 fully saturated rings. The lowest BCUT2D eigenvalue weighted by Crippen LogP contribution is -2.56. The first kappa shape index (κ1) is 12.9. The quantitative estimate of drug-likeness (QED) is 0.740. The average Bonchev–Trinajstić information content (AvgIpc) is 2.25. The molecule has 104 valence electrons. The molecule has 0 aromatic heterocycles. The first-order valence-corrected chi connectivity index (χ1v) is 7.46. The summed E-state index contributed by atoms with van der Waals surface area (Å²) in [6.45, 7) is 4.31. The van der Waals surface area contributed by atoms with Gasteiger partial charge in [-0.05, 0) is 55.8 Å². The van der Waals surface area contributed by atoms with Crippen LogP contribution in [0.5, 0.6) is 0 Å². The van der Waals surface area contributed by atoms with Crippen molar-refractivity contribution in [2.45, 2.75) is 51.0 Å². The Hall–Kier alpha value is -0.120. The molecule has 4 bridgehead atoms. The Morgan fingerprint density at radius 2 is 1.78 bits per heavy atom. The topological polar surface area (TPSA) is 38.7 Å². The van der Waals surface area contributed by atoms with Crippen LogP contribution >= 0.6 is 0 Å². The van der Waals surface area contributed by atoms with Crippen molar-refractivity contribution < 1.29 is 14.6 Å². The molecular formula is C15H26O3.